The molecule has 4 rings (SSSR count). The highest BCUT2D eigenvalue weighted by atomic mass is 16.4. The summed E-state index contributed by atoms with van der Waals surface area (Å²) in [6, 6.07) is 11.7. The highest BCUT2D eigenvalue weighted by molar-refractivity contribution is 5.92. The summed E-state index contributed by atoms with van der Waals surface area (Å²) in [7, 11) is 0. The molecule has 0 aromatic carbocycles. The highest BCUT2D eigenvalue weighted by Gasteiger charge is 2.28. The molecular formula is C21H23N5O2. The van der Waals surface area contributed by atoms with Gasteiger partial charge in [-0.1, -0.05) is 12.1 Å². The third kappa shape index (κ3) is 3.88. The number of likely N-dealkylation sites (tertiary alicyclic amines) is 1. The van der Waals surface area contributed by atoms with Gasteiger partial charge in [-0.3, -0.25) is 4.79 Å². The molecule has 3 aromatic heterocycles. The molecule has 1 saturated heterocycles. The Kier molecular flexibility index (Phi) is 5.06. The molecule has 1 N–H and O–H groups in total. The van der Waals surface area contributed by atoms with Crippen LogP contribution in [-0.2, 0) is 0 Å². The molecule has 144 valence electrons. The van der Waals surface area contributed by atoms with Crippen LogP contribution >= 0.6 is 0 Å². The second-order valence-electron chi connectivity index (χ2n) is 7.00. The van der Waals surface area contributed by atoms with E-state index in [0.717, 1.165) is 30.2 Å². The number of carbonyl (C=O) groups excluding carboxylic acids is 1. The lowest BCUT2D eigenvalue weighted by atomic mass is 9.93. The van der Waals surface area contributed by atoms with Crippen molar-refractivity contribution in [3.63, 3.8) is 0 Å². The Hall–Kier alpha value is -3.22. The van der Waals surface area contributed by atoms with E-state index in [1.165, 1.54) is 0 Å². The van der Waals surface area contributed by atoms with Gasteiger partial charge in [0.15, 0.2) is 5.89 Å². The van der Waals surface area contributed by atoms with Crippen molar-refractivity contribution in [3.8, 4) is 0 Å². The van der Waals surface area contributed by atoms with Gasteiger partial charge in [0.25, 0.3) is 5.91 Å². The Morgan fingerprint density at radius 3 is 2.54 bits per heavy atom. The van der Waals surface area contributed by atoms with Gasteiger partial charge in [0.05, 0.1) is 5.69 Å². The van der Waals surface area contributed by atoms with E-state index in [2.05, 4.69) is 21.4 Å². The Labute approximate surface area is 163 Å². The average molecular weight is 377 g/mol. The average Bonchev–Trinajstić information content (AvgIpc) is 3.06. The van der Waals surface area contributed by atoms with Crippen LogP contribution in [0.5, 0.6) is 0 Å². The molecule has 0 aliphatic carbocycles. The minimum Gasteiger partial charge on any atom is -0.436 e. The van der Waals surface area contributed by atoms with E-state index in [9.17, 15) is 4.79 Å². The van der Waals surface area contributed by atoms with Crippen LogP contribution in [0.15, 0.2) is 47.0 Å². The van der Waals surface area contributed by atoms with Gasteiger partial charge in [0.1, 0.15) is 11.6 Å². The molecule has 7 nitrogen and oxygen atoms in total. The fraction of sp³-hybridized carbons (Fsp3) is 0.333. The molecule has 7 heteroatoms. The van der Waals surface area contributed by atoms with E-state index in [0.29, 0.717) is 36.4 Å². The fourth-order valence-electron chi connectivity index (χ4n) is 3.57. The molecular weight excluding hydrogens is 354 g/mol. The van der Waals surface area contributed by atoms with E-state index in [-0.39, 0.29) is 5.91 Å². The monoisotopic (exact) mass is 377 g/mol. The number of amides is 1. The predicted molar refractivity (Wildman–Crippen MR) is 106 cm³/mol. The van der Waals surface area contributed by atoms with E-state index >= 15 is 0 Å². The van der Waals surface area contributed by atoms with Crippen molar-refractivity contribution in [2.75, 3.05) is 18.4 Å². The Morgan fingerprint density at radius 2 is 1.86 bits per heavy atom. The van der Waals surface area contributed by atoms with Crippen molar-refractivity contribution in [1.82, 2.24) is 19.9 Å². The van der Waals surface area contributed by atoms with Crippen LogP contribution in [0.2, 0.25) is 0 Å². The number of anilines is 2. The summed E-state index contributed by atoms with van der Waals surface area (Å²) in [5.74, 6) is 2.68. The number of pyridine rings is 2. The van der Waals surface area contributed by atoms with Gasteiger partial charge in [-0.15, -0.1) is 0 Å². The Balaban J connectivity index is 1.40. The summed E-state index contributed by atoms with van der Waals surface area (Å²) in [4.78, 5) is 27.8. The maximum absolute atomic E-state index is 12.7. The summed E-state index contributed by atoms with van der Waals surface area (Å²) in [5.41, 5.74) is 1.69. The van der Waals surface area contributed by atoms with Crippen LogP contribution in [0.25, 0.3) is 0 Å². The van der Waals surface area contributed by atoms with Gasteiger partial charge in [-0.05, 0) is 44.0 Å². The van der Waals surface area contributed by atoms with Crippen LogP contribution in [0.3, 0.4) is 0 Å². The third-order valence-electron chi connectivity index (χ3n) is 4.99. The molecule has 0 spiro atoms. The lowest BCUT2D eigenvalue weighted by Crippen LogP contribution is -2.38. The number of rotatable bonds is 4. The zero-order chi connectivity index (χ0) is 19.5. The zero-order valence-electron chi connectivity index (χ0n) is 16.1. The molecule has 1 aliphatic rings. The second-order valence-corrected chi connectivity index (χ2v) is 7.00. The SMILES string of the molecule is Cc1nc(C)c(C(=O)N2CCC(c3cccc(Nc4ccccn4)n3)CC2)o1. The Bertz CT molecular complexity index is 962. The van der Waals surface area contributed by atoms with Crippen molar-refractivity contribution in [2.45, 2.75) is 32.6 Å². The van der Waals surface area contributed by atoms with Crippen LogP contribution in [0, 0.1) is 13.8 Å². The molecule has 0 saturated carbocycles. The molecule has 1 fully saturated rings. The van der Waals surface area contributed by atoms with Crippen LogP contribution in [-0.4, -0.2) is 38.8 Å². The number of piperidine rings is 1. The summed E-state index contributed by atoms with van der Waals surface area (Å²) in [6.45, 7) is 4.93. The number of carbonyl (C=O) groups is 1. The lowest BCUT2D eigenvalue weighted by molar-refractivity contribution is 0.0677. The summed E-state index contributed by atoms with van der Waals surface area (Å²) in [5, 5.41) is 3.23. The minimum absolute atomic E-state index is 0.0740. The van der Waals surface area contributed by atoms with E-state index < -0.39 is 0 Å². The third-order valence-corrected chi connectivity index (χ3v) is 4.99. The lowest BCUT2D eigenvalue weighted by Gasteiger charge is -2.31. The molecule has 0 radical (unpaired) electrons. The number of nitrogens with zero attached hydrogens (tertiary/aromatic N) is 4. The van der Waals surface area contributed by atoms with Crippen LogP contribution < -0.4 is 5.32 Å². The van der Waals surface area contributed by atoms with Gasteiger partial charge < -0.3 is 14.6 Å². The van der Waals surface area contributed by atoms with Crippen LogP contribution in [0.1, 0.15) is 46.6 Å². The van der Waals surface area contributed by atoms with Gasteiger partial charge in [0.2, 0.25) is 5.76 Å². The molecule has 0 bridgehead atoms. The minimum atomic E-state index is -0.0740. The first-order valence-corrected chi connectivity index (χ1v) is 9.48. The normalized spacial score (nSPS) is 14.9. The van der Waals surface area contributed by atoms with E-state index in [1.807, 2.05) is 35.2 Å². The van der Waals surface area contributed by atoms with Crippen molar-refractivity contribution >= 4 is 17.5 Å². The zero-order valence-corrected chi connectivity index (χ0v) is 16.1. The first-order valence-electron chi connectivity index (χ1n) is 9.48. The first kappa shape index (κ1) is 18.2. The number of aromatic nitrogens is 3. The molecule has 0 unspecified atom stereocenters. The number of nitrogens with one attached hydrogen (secondary N) is 1. The van der Waals surface area contributed by atoms with Crippen molar-refractivity contribution in [2.24, 2.45) is 0 Å². The largest absolute Gasteiger partial charge is 0.436 e. The smallest absolute Gasteiger partial charge is 0.291 e. The summed E-state index contributed by atoms with van der Waals surface area (Å²) >= 11 is 0. The number of oxazole rings is 1. The van der Waals surface area contributed by atoms with Gasteiger partial charge in [0, 0.05) is 37.8 Å². The Morgan fingerprint density at radius 1 is 1.07 bits per heavy atom. The maximum Gasteiger partial charge on any atom is 0.291 e. The van der Waals surface area contributed by atoms with Gasteiger partial charge in [-0.25, -0.2) is 15.0 Å². The van der Waals surface area contributed by atoms with Crippen molar-refractivity contribution in [1.29, 1.82) is 0 Å². The summed E-state index contributed by atoms with van der Waals surface area (Å²) in [6.07, 6.45) is 3.49. The van der Waals surface area contributed by atoms with Crippen LogP contribution in [0.4, 0.5) is 11.6 Å². The molecule has 0 atom stereocenters. The van der Waals surface area contributed by atoms with Gasteiger partial charge in [-0.2, -0.15) is 0 Å². The standard InChI is InChI=1S/C21H23N5O2/c1-14-20(28-15(2)23-14)21(27)26-12-9-16(10-13-26)17-6-5-8-19(24-17)25-18-7-3-4-11-22-18/h3-8,11,16H,9-10,12-13H2,1-2H3,(H,22,24,25). The van der Waals surface area contributed by atoms with Crippen molar-refractivity contribution < 1.29 is 9.21 Å². The number of hydrogen-bond acceptors (Lipinski definition) is 6. The highest BCUT2D eigenvalue weighted by Crippen LogP contribution is 2.29. The molecule has 28 heavy (non-hydrogen) atoms. The molecule has 1 aliphatic heterocycles. The maximum atomic E-state index is 12.7. The topological polar surface area (TPSA) is 84.2 Å². The second kappa shape index (κ2) is 7.80. The quantitative estimate of drug-likeness (QED) is 0.743. The van der Waals surface area contributed by atoms with Crippen molar-refractivity contribution in [3.05, 3.63) is 65.6 Å². The first-order chi connectivity index (χ1) is 13.6. The summed E-state index contributed by atoms with van der Waals surface area (Å²) < 4.78 is 5.48. The van der Waals surface area contributed by atoms with E-state index in [4.69, 9.17) is 9.40 Å². The number of hydrogen-bond donors (Lipinski definition) is 1. The van der Waals surface area contributed by atoms with E-state index in [1.54, 1.807) is 20.0 Å². The van der Waals surface area contributed by atoms with Gasteiger partial charge >= 0.3 is 0 Å². The molecule has 3 aromatic rings. The molecule has 4 heterocycles. The molecule has 1 amide bonds. The number of aryl methyl sites for hydroxylation is 2. The fourth-order valence-corrected chi connectivity index (χ4v) is 3.57. The predicted octanol–water partition coefficient (Wildman–Crippen LogP) is 3.84.